The highest BCUT2D eigenvalue weighted by atomic mass is 16.5. The van der Waals surface area contributed by atoms with Gasteiger partial charge in [0.15, 0.2) is 0 Å². The van der Waals surface area contributed by atoms with Crippen LogP contribution in [0.1, 0.15) is 31.2 Å². The predicted octanol–water partition coefficient (Wildman–Crippen LogP) is 2.40. The number of nitrogens with one attached hydrogen (secondary N) is 1. The Kier molecular flexibility index (Phi) is 6.27. The fourth-order valence-corrected chi connectivity index (χ4v) is 3.93. The minimum atomic E-state index is 0.0435. The molecule has 1 heterocycles. The quantitative estimate of drug-likeness (QED) is 0.796. The monoisotopic (exact) mass is 374 g/mol. The summed E-state index contributed by atoms with van der Waals surface area (Å²) in [5, 5.41) is 3.25. The number of carbonyl (C=O) groups excluding carboxylic acids is 1. The molecular formula is C21H34N4O2. The number of rotatable bonds is 7. The Morgan fingerprint density at radius 2 is 1.93 bits per heavy atom. The number of likely N-dealkylation sites (tertiary alicyclic amines) is 1. The first-order chi connectivity index (χ1) is 12.9. The van der Waals surface area contributed by atoms with E-state index in [1.54, 1.807) is 7.11 Å². The maximum Gasteiger partial charge on any atom is 0.318 e. The second-order valence-electron chi connectivity index (χ2n) is 8.25. The molecule has 1 aliphatic heterocycles. The Balaban J connectivity index is 1.65. The molecule has 2 amide bonds. The first-order valence-electron chi connectivity index (χ1n) is 9.97. The molecule has 6 heteroatoms. The summed E-state index contributed by atoms with van der Waals surface area (Å²) in [4.78, 5) is 19.7. The first-order valence-corrected chi connectivity index (χ1v) is 9.97. The van der Waals surface area contributed by atoms with Crippen LogP contribution < -0.4 is 10.1 Å². The lowest BCUT2D eigenvalue weighted by Gasteiger charge is -2.45. The highest BCUT2D eigenvalue weighted by molar-refractivity contribution is 5.75. The summed E-state index contributed by atoms with van der Waals surface area (Å²) in [7, 11) is 8.11. The molecule has 1 N–H and O–H groups in total. The standard InChI is InChI=1S/C21H34N4O2/c1-23(2)21(11-13-24(3)14-12-21)16-22-20(26)25(18-9-10-18)15-17-7-5-6-8-19(17)27-4/h5-8,18H,9-16H2,1-4H3,(H,22,26). The third-order valence-electron chi connectivity index (χ3n) is 6.22. The van der Waals surface area contributed by atoms with Crippen molar-refractivity contribution in [3.05, 3.63) is 29.8 Å². The van der Waals surface area contributed by atoms with E-state index in [9.17, 15) is 4.79 Å². The molecule has 0 bridgehead atoms. The van der Waals surface area contributed by atoms with Crippen LogP contribution in [0.25, 0.3) is 0 Å². The van der Waals surface area contributed by atoms with E-state index < -0.39 is 0 Å². The number of urea groups is 1. The SMILES string of the molecule is COc1ccccc1CN(C(=O)NCC1(N(C)C)CCN(C)CC1)C1CC1. The van der Waals surface area contributed by atoms with Crippen molar-refractivity contribution in [2.45, 2.75) is 43.8 Å². The summed E-state index contributed by atoms with van der Waals surface area (Å²) < 4.78 is 5.47. The minimum Gasteiger partial charge on any atom is -0.496 e. The summed E-state index contributed by atoms with van der Waals surface area (Å²) >= 11 is 0. The van der Waals surface area contributed by atoms with Crippen molar-refractivity contribution < 1.29 is 9.53 Å². The molecule has 0 radical (unpaired) electrons. The van der Waals surface area contributed by atoms with Gasteiger partial charge in [-0.25, -0.2) is 4.79 Å². The molecular weight excluding hydrogens is 340 g/mol. The smallest absolute Gasteiger partial charge is 0.318 e. The number of piperidine rings is 1. The Labute approximate surface area is 163 Å². The zero-order valence-electron chi connectivity index (χ0n) is 17.2. The lowest BCUT2D eigenvalue weighted by Crippen LogP contribution is -2.59. The third-order valence-corrected chi connectivity index (χ3v) is 6.22. The maximum atomic E-state index is 13.0. The molecule has 1 saturated carbocycles. The van der Waals surface area contributed by atoms with E-state index in [-0.39, 0.29) is 11.6 Å². The Bertz CT molecular complexity index is 637. The highest BCUT2D eigenvalue weighted by Crippen LogP contribution is 2.31. The van der Waals surface area contributed by atoms with Crippen molar-refractivity contribution in [1.82, 2.24) is 20.0 Å². The predicted molar refractivity (Wildman–Crippen MR) is 108 cm³/mol. The normalized spacial score (nSPS) is 19.7. The average Bonchev–Trinajstić information content (AvgIpc) is 3.50. The Hall–Kier alpha value is -1.79. The molecule has 1 aliphatic carbocycles. The van der Waals surface area contributed by atoms with Crippen molar-refractivity contribution in [1.29, 1.82) is 0 Å². The van der Waals surface area contributed by atoms with E-state index in [0.29, 0.717) is 19.1 Å². The summed E-state index contributed by atoms with van der Waals surface area (Å²) in [5.74, 6) is 0.844. The van der Waals surface area contributed by atoms with Gasteiger partial charge in [-0.3, -0.25) is 0 Å². The van der Waals surface area contributed by atoms with E-state index >= 15 is 0 Å². The average molecular weight is 375 g/mol. The van der Waals surface area contributed by atoms with Crippen molar-refractivity contribution in [2.24, 2.45) is 0 Å². The molecule has 0 unspecified atom stereocenters. The highest BCUT2D eigenvalue weighted by Gasteiger charge is 2.38. The van der Waals surface area contributed by atoms with E-state index in [0.717, 1.165) is 50.1 Å². The van der Waals surface area contributed by atoms with Crippen molar-refractivity contribution in [3.8, 4) is 5.75 Å². The van der Waals surface area contributed by atoms with E-state index in [1.807, 2.05) is 29.2 Å². The van der Waals surface area contributed by atoms with E-state index in [1.165, 1.54) is 0 Å². The number of nitrogens with zero attached hydrogens (tertiary/aromatic N) is 3. The van der Waals surface area contributed by atoms with Crippen LogP contribution in [0.3, 0.4) is 0 Å². The molecule has 2 fully saturated rings. The topological polar surface area (TPSA) is 48.1 Å². The third kappa shape index (κ3) is 4.74. The largest absolute Gasteiger partial charge is 0.496 e. The molecule has 2 aliphatic rings. The number of para-hydroxylation sites is 1. The second kappa shape index (κ2) is 8.48. The summed E-state index contributed by atoms with van der Waals surface area (Å²) in [6.45, 7) is 3.43. The Morgan fingerprint density at radius 3 is 2.52 bits per heavy atom. The molecule has 0 atom stereocenters. The number of ether oxygens (including phenoxy) is 1. The van der Waals surface area contributed by atoms with Crippen molar-refractivity contribution in [2.75, 3.05) is 47.9 Å². The second-order valence-corrected chi connectivity index (χ2v) is 8.25. The summed E-state index contributed by atoms with van der Waals surface area (Å²) in [6, 6.07) is 8.36. The molecule has 150 valence electrons. The van der Waals surface area contributed by atoms with Crippen LogP contribution in [0.5, 0.6) is 5.75 Å². The zero-order chi connectivity index (χ0) is 19.4. The number of carbonyl (C=O) groups is 1. The van der Waals surface area contributed by atoms with Gasteiger partial charge < -0.3 is 24.8 Å². The van der Waals surface area contributed by atoms with Crippen molar-refractivity contribution >= 4 is 6.03 Å². The molecule has 0 aromatic heterocycles. The maximum absolute atomic E-state index is 13.0. The molecule has 3 rings (SSSR count). The summed E-state index contributed by atoms with van der Waals surface area (Å²) in [6.07, 6.45) is 4.33. The van der Waals surface area contributed by atoms with E-state index in [2.05, 4.69) is 36.3 Å². The van der Waals surface area contributed by atoms with Gasteiger partial charge in [0.05, 0.1) is 13.7 Å². The van der Waals surface area contributed by atoms with Crippen LogP contribution in [-0.4, -0.2) is 80.2 Å². The number of hydrogen-bond donors (Lipinski definition) is 1. The minimum absolute atomic E-state index is 0.0435. The van der Waals surface area contributed by atoms with Gasteiger partial charge in [0.25, 0.3) is 0 Å². The molecule has 27 heavy (non-hydrogen) atoms. The Morgan fingerprint density at radius 1 is 1.26 bits per heavy atom. The number of likely N-dealkylation sites (N-methyl/N-ethyl adjacent to an activating group) is 1. The number of hydrogen-bond acceptors (Lipinski definition) is 4. The molecule has 0 spiro atoms. The fourth-order valence-electron chi connectivity index (χ4n) is 3.93. The van der Waals surface area contributed by atoms with Crippen LogP contribution in [0.2, 0.25) is 0 Å². The lowest BCUT2D eigenvalue weighted by molar-refractivity contribution is 0.0661. The fraction of sp³-hybridized carbons (Fsp3) is 0.667. The van der Waals surface area contributed by atoms with Gasteiger partial charge in [0.2, 0.25) is 0 Å². The van der Waals surface area contributed by atoms with Crippen LogP contribution in [0.4, 0.5) is 4.79 Å². The molecule has 1 aromatic rings. The van der Waals surface area contributed by atoms with Crippen molar-refractivity contribution in [3.63, 3.8) is 0 Å². The summed E-state index contributed by atoms with van der Waals surface area (Å²) in [5.41, 5.74) is 1.10. The van der Waals surface area contributed by atoms with E-state index in [4.69, 9.17) is 4.74 Å². The number of amides is 2. The van der Waals surface area contributed by atoms with Crippen LogP contribution in [0, 0.1) is 0 Å². The first kappa shape index (κ1) is 20.0. The van der Waals surface area contributed by atoms with Gasteiger partial charge in [0.1, 0.15) is 5.75 Å². The van der Waals surface area contributed by atoms with Crippen LogP contribution in [0.15, 0.2) is 24.3 Å². The van der Waals surface area contributed by atoms with Crippen LogP contribution >= 0.6 is 0 Å². The van der Waals surface area contributed by atoms with Gasteiger partial charge in [0, 0.05) is 23.7 Å². The van der Waals surface area contributed by atoms with Gasteiger partial charge in [-0.1, -0.05) is 18.2 Å². The number of methoxy groups -OCH3 is 1. The van der Waals surface area contributed by atoms with Gasteiger partial charge in [-0.05, 0) is 66.0 Å². The van der Waals surface area contributed by atoms with Crippen LogP contribution in [-0.2, 0) is 6.54 Å². The van der Waals surface area contributed by atoms with Gasteiger partial charge in [-0.2, -0.15) is 0 Å². The molecule has 1 aromatic carbocycles. The molecule has 6 nitrogen and oxygen atoms in total. The molecule has 1 saturated heterocycles. The number of benzene rings is 1. The zero-order valence-corrected chi connectivity index (χ0v) is 17.2. The van der Waals surface area contributed by atoms with Gasteiger partial charge >= 0.3 is 6.03 Å². The lowest BCUT2D eigenvalue weighted by atomic mass is 9.86. The van der Waals surface area contributed by atoms with Gasteiger partial charge in [-0.15, -0.1) is 0 Å².